The molecule has 0 aliphatic carbocycles. The summed E-state index contributed by atoms with van der Waals surface area (Å²) in [4.78, 5) is 4.28. The second-order valence-corrected chi connectivity index (χ2v) is 5.66. The van der Waals surface area contributed by atoms with E-state index in [-0.39, 0.29) is 5.41 Å². The third kappa shape index (κ3) is 3.30. The lowest BCUT2D eigenvalue weighted by Crippen LogP contribution is -2.43. The summed E-state index contributed by atoms with van der Waals surface area (Å²) in [7, 11) is 0. The third-order valence-electron chi connectivity index (χ3n) is 3.74. The van der Waals surface area contributed by atoms with Crippen LogP contribution in [0.3, 0.4) is 0 Å². The Morgan fingerprint density at radius 1 is 1.39 bits per heavy atom. The largest absolute Gasteiger partial charge is 0.381 e. The van der Waals surface area contributed by atoms with E-state index in [0.29, 0.717) is 5.92 Å². The SMILES string of the molecule is CC(C)CNCC1(c2cccnc2)CCOCC1. The van der Waals surface area contributed by atoms with Crippen LogP contribution in [0.1, 0.15) is 32.3 Å². The van der Waals surface area contributed by atoms with Crippen molar-refractivity contribution >= 4 is 0 Å². The maximum atomic E-state index is 5.53. The molecule has 0 bridgehead atoms. The lowest BCUT2D eigenvalue weighted by molar-refractivity contribution is 0.0496. The molecule has 2 rings (SSSR count). The quantitative estimate of drug-likeness (QED) is 0.868. The Morgan fingerprint density at radius 2 is 2.17 bits per heavy atom. The van der Waals surface area contributed by atoms with Gasteiger partial charge in [-0.2, -0.15) is 0 Å². The molecule has 1 N–H and O–H groups in total. The number of ether oxygens (including phenoxy) is 1. The molecule has 1 aliphatic rings. The van der Waals surface area contributed by atoms with Crippen LogP contribution in [-0.2, 0) is 10.2 Å². The molecule has 0 radical (unpaired) electrons. The van der Waals surface area contributed by atoms with E-state index >= 15 is 0 Å². The van der Waals surface area contributed by atoms with Crippen molar-refractivity contribution in [2.24, 2.45) is 5.92 Å². The molecule has 3 nitrogen and oxygen atoms in total. The zero-order valence-electron chi connectivity index (χ0n) is 11.5. The highest BCUT2D eigenvalue weighted by Crippen LogP contribution is 2.33. The average Bonchev–Trinajstić information content (AvgIpc) is 2.40. The van der Waals surface area contributed by atoms with Crippen LogP contribution in [-0.4, -0.2) is 31.3 Å². The van der Waals surface area contributed by atoms with Crippen molar-refractivity contribution in [3.05, 3.63) is 30.1 Å². The number of aromatic nitrogens is 1. The minimum atomic E-state index is 0.210. The van der Waals surface area contributed by atoms with Gasteiger partial charge >= 0.3 is 0 Å². The predicted molar refractivity (Wildman–Crippen MR) is 73.7 cm³/mol. The first-order valence-corrected chi connectivity index (χ1v) is 6.92. The van der Waals surface area contributed by atoms with Gasteiger partial charge in [0.1, 0.15) is 0 Å². The molecule has 2 heterocycles. The zero-order valence-corrected chi connectivity index (χ0v) is 11.5. The van der Waals surface area contributed by atoms with Gasteiger partial charge in [-0.25, -0.2) is 0 Å². The van der Waals surface area contributed by atoms with Crippen molar-refractivity contribution in [3.63, 3.8) is 0 Å². The number of hydrogen-bond donors (Lipinski definition) is 1. The van der Waals surface area contributed by atoms with Crippen molar-refractivity contribution in [1.29, 1.82) is 0 Å². The Balaban J connectivity index is 2.08. The van der Waals surface area contributed by atoms with Gasteiger partial charge < -0.3 is 10.1 Å². The van der Waals surface area contributed by atoms with Crippen LogP contribution in [0.5, 0.6) is 0 Å². The molecule has 18 heavy (non-hydrogen) atoms. The molecule has 0 spiro atoms. The molecule has 0 atom stereocenters. The normalized spacial score (nSPS) is 19.1. The van der Waals surface area contributed by atoms with Crippen LogP contribution in [0.25, 0.3) is 0 Å². The molecule has 0 unspecified atom stereocenters. The Morgan fingerprint density at radius 3 is 2.78 bits per heavy atom. The van der Waals surface area contributed by atoms with Gasteiger partial charge in [0.05, 0.1) is 0 Å². The van der Waals surface area contributed by atoms with Gasteiger partial charge in [-0.1, -0.05) is 19.9 Å². The molecule has 1 aromatic rings. The molecule has 0 amide bonds. The number of pyridine rings is 1. The maximum Gasteiger partial charge on any atom is 0.0475 e. The van der Waals surface area contributed by atoms with Crippen LogP contribution >= 0.6 is 0 Å². The Bertz CT molecular complexity index is 345. The van der Waals surface area contributed by atoms with E-state index in [4.69, 9.17) is 4.74 Å². The summed E-state index contributed by atoms with van der Waals surface area (Å²) in [6.07, 6.45) is 6.04. The molecule has 3 heteroatoms. The van der Waals surface area contributed by atoms with Gasteiger partial charge in [0.25, 0.3) is 0 Å². The molecule has 1 aromatic heterocycles. The highest BCUT2D eigenvalue weighted by Gasteiger charge is 2.34. The Kier molecular flexibility index (Phi) is 4.72. The van der Waals surface area contributed by atoms with E-state index in [1.807, 2.05) is 18.5 Å². The smallest absolute Gasteiger partial charge is 0.0475 e. The van der Waals surface area contributed by atoms with Gasteiger partial charge in [-0.05, 0) is 36.9 Å². The molecule has 0 aromatic carbocycles. The van der Waals surface area contributed by atoms with Crippen LogP contribution in [0, 0.1) is 5.92 Å². The summed E-state index contributed by atoms with van der Waals surface area (Å²) in [5.41, 5.74) is 1.56. The fourth-order valence-electron chi connectivity index (χ4n) is 2.61. The molecule has 1 saturated heterocycles. The van der Waals surface area contributed by atoms with Gasteiger partial charge in [-0.3, -0.25) is 4.98 Å². The van der Waals surface area contributed by atoms with Crippen LogP contribution in [0.4, 0.5) is 0 Å². The van der Waals surface area contributed by atoms with E-state index in [2.05, 4.69) is 30.2 Å². The third-order valence-corrected chi connectivity index (χ3v) is 3.74. The van der Waals surface area contributed by atoms with Crippen molar-refractivity contribution in [3.8, 4) is 0 Å². The topological polar surface area (TPSA) is 34.2 Å². The van der Waals surface area contributed by atoms with Crippen molar-refractivity contribution in [2.45, 2.75) is 32.1 Å². The maximum absolute atomic E-state index is 5.53. The summed E-state index contributed by atoms with van der Waals surface area (Å²) >= 11 is 0. The molecule has 0 saturated carbocycles. The monoisotopic (exact) mass is 248 g/mol. The summed E-state index contributed by atoms with van der Waals surface area (Å²) < 4.78 is 5.53. The first-order valence-electron chi connectivity index (χ1n) is 6.92. The second kappa shape index (κ2) is 6.30. The van der Waals surface area contributed by atoms with E-state index < -0.39 is 0 Å². The highest BCUT2D eigenvalue weighted by molar-refractivity contribution is 5.23. The standard InChI is InChI=1S/C15H24N2O/c1-13(2)10-17-12-15(5-8-18-9-6-15)14-4-3-7-16-11-14/h3-4,7,11,13,17H,5-6,8-10,12H2,1-2H3. The minimum Gasteiger partial charge on any atom is -0.381 e. The van der Waals surface area contributed by atoms with Crippen LogP contribution in [0.2, 0.25) is 0 Å². The number of rotatable bonds is 5. The van der Waals surface area contributed by atoms with E-state index in [1.54, 1.807) is 0 Å². The number of nitrogens with one attached hydrogen (secondary N) is 1. The lowest BCUT2D eigenvalue weighted by atomic mass is 9.74. The first kappa shape index (κ1) is 13.5. The van der Waals surface area contributed by atoms with Gasteiger partial charge in [-0.15, -0.1) is 0 Å². The summed E-state index contributed by atoms with van der Waals surface area (Å²) in [6.45, 7) is 8.31. The molecular weight excluding hydrogens is 224 g/mol. The number of hydrogen-bond acceptors (Lipinski definition) is 3. The second-order valence-electron chi connectivity index (χ2n) is 5.66. The lowest BCUT2D eigenvalue weighted by Gasteiger charge is -2.38. The summed E-state index contributed by atoms with van der Waals surface area (Å²) in [5.74, 6) is 0.691. The van der Waals surface area contributed by atoms with Crippen molar-refractivity contribution < 1.29 is 4.74 Å². The van der Waals surface area contributed by atoms with Crippen LogP contribution < -0.4 is 5.32 Å². The van der Waals surface area contributed by atoms with E-state index in [1.165, 1.54) is 5.56 Å². The highest BCUT2D eigenvalue weighted by atomic mass is 16.5. The number of nitrogens with zero attached hydrogens (tertiary/aromatic N) is 1. The van der Waals surface area contributed by atoms with Gasteiger partial charge in [0.2, 0.25) is 0 Å². The first-order chi connectivity index (χ1) is 8.73. The van der Waals surface area contributed by atoms with Crippen molar-refractivity contribution in [2.75, 3.05) is 26.3 Å². The molecule has 1 fully saturated rings. The Hall–Kier alpha value is -0.930. The summed E-state index contributed by atoms with van der Waals surface area (Å²) in [6, 6.07) is 4.24. The average molecular weight is 248 g/mol. The molecular formula is C15H24N2O. The zero-order chi connectivity index (χ0) is 12.8. The summed E-state index contributed by atoms with van der Waals surface area (Å²) in [5, 5.41) is 3.61. The predicted octanol–water partition coefficient (Wildman–Crippen LogP) is 2.38. The molecule has 1 aliphatic heterocycles. The fraction of sp³-hybridized carbons (Fsp3) is 0.667. The minimum absolute atomic E-state index is 0.210. The molecule has 100 valence electrons. The van der Waals surface area contributed by atoms with E-state index in [9.17, 15) is 0 Å². The van der Waals surface area contributed by atoms with E-state index in [0.717, 1.165) is 39.1 Å². The Labute approximate surface area is 110 Å². The fourth-order valence-corrected chi connectivity index (χ4v) is 2.61. The van der Waals surface area contributed by atoms with Gasteiger partial charge in [0, 0.05) is 37.6 Å². The van der Waals surface area contributed by atoms with Gasteiger partial charge in [0.15, 0.2) is 0 Å². The van der Waals surface area contributed by atoms with Crippen molar-refractivity contribution in [1.82, 2.24) is 10.3 Å². The van der Waals surface area contributed by atoms with Crippen LogP contribution in [0.15, 0.2) is 24.5 Å².